The fourth-order valence-electron chi connectivity index (χ4n) is 2.14. The van der Waals surface area contributed by atoms with Gasteiger partial charge in [-0.25, -0.2) is 0 Å². The van der Waals surface area contributed by atoms with Gasteiger partial charge in [-0.05, 0) is 34.1 Å². The molecule has 1 N–H and O–H groups in total. The summed E-state index contributed by atoms with van der Waals surface area (Å²) in [7, 11) is 0. The molecule has 1 heterocycles. The molecule has 0 aromatic carbocycles. The predicted molar refractivity (Wildman–Crippen MR) is 44.9 cm³/mol. The van der Waals surface area contributed by atoms with Crippen LogP contribution in [0.1, 0.15) is 34.1 Å². The first-order chi connectivity index (χ1) is 5.69. The van der Waals surface area contributed by atoms with Crippen molar-refractivity contribution in [2.45, 2.75) is 45.2 Å². The van der Waals surface area contributed by atoms with Gasteiger partial charge in [0.15, 0.2) is 0 Å². The molecule has 0 saturated carbocycles. The molecule has 1 aliphatic heterocycles. The summed E-state index contributed by atoms with van der Waals surface area (Å²) in [6, 6.07) is 0. The van der Waals surface area contributed by atoms with Crippen LogP contribution in [0.2, 0.25) is 0 Å². The Labute approximate surface area is 78.1 Å². The summed E-state index contributed by atoms with van der Waals surface area (Å²) >= 11 is 0. The van der Waals surface area contributed by atoms with Crippen molar-refractivity contribution in [2.75, 3.05) is 0 Å². The number of carbonyl (C=O) groups is 1. The van der Waals surface area contributed by atoms with Gasteiger partial charge in [-0.3, -0.25) is 0 Å². The second-order valence-corrected chi connectivity index (χ2v) is 4.85. The Hall–Kier alpha value is -0.610. The van der Waals surface area contributed by atoms with Crippen LogP contribution in [-0.2, 0) is 4.79 Å². The molecule has 1 rings (SSSR count). The Morgan fingerprint density at radius 1 is 1.46 bits per heavy atom. The first kappa shape index (κ1) is 10.5. The zero-order valence-electron chi connectivity index (χ0n) is 8.50. The van der Waals surface area contributed by atoms with Crippen molar-refractivity contribution < 1.29 is 15.1 Å². The lowest BCUT2D eigenvalue weighted by Gasteiger charge is -2.36. The number of aliphatic carboxylic acids is 1. The Balaban J connectivity index is 3.00. The molecule has 0 aromatic heterocycles. The van der Waals surface area contributed by atoms with Gasteiger partial charge < -0.3 is 15.1 Å². The first-order valence-corrected chi connectivity index (χ1v) is 4.39. The lowest BCUT2D eigenvalue weighted by Crippen LogP contribution is -2.50. The highest BCUT2D eigenvalue weighted by atomic mass is 16.5. The molecule has 13 heavy (non-hydrogen) atoms. The van der Waals surface area contributed by atoms with Gasteiger partial charge >= 0.3 is 0 Å². The third-order valence-electron chi connectivity index (χ3n) is 2.96. The Bertz CT molecular complexity index is 235. The monoisotopic (exact) mass is 186 g/mol. The molecule has 76 valence electrons. The Morgan fingerprint density at radius 3 is 2.08 bits per heavy atom. The molecule has 1 saturated heterocycles. The van der Waals surface area contributed by atoms with E-state index in [0.717, 1.165) is 5.06 Å². The number of rotatable bonds is 1. The molecule has 0 unspecified atom stereocenters. The molecule has 1 fully saturated rings. The largest absolute Gasteiger partial charge is 0.550 e. The van der Waals surface area contributed by atoms with Crippen molar-refractivity contribution in [3.63, 3.8) is 0 Å². The van der Waals surface area contributed by atoms with Gasteiger partial charge in [-0.15, -0.1) is 0 Å². The van der Waals surface area contributed by atoms with E-state index in [1.165, 1.54) is 0 Å². The summed E-state index contributed by atoms with van der Waals surface area (Å²) in [5, 5.41) is 21.7. The van der Waals surface area contributed by atoms with Gasteiger partial charge in [0.05, 0.1) is 0 Å². The van der Waals surface area contributed by atoms with Crippen LogP contribution in [0, 0.1) is 5.92 Å². The summed E-state index contributed by atoms with van der Waals surface area (Å²) in [6.07, 6.45) is 0.416. The SMILES string of the molecule is CC1(C)C[C@H](C(=O)[O-])C(C)(C)N1O. The third kappa shape index (κ3) is 1.44. The van der Waals surface area contributed by atoms with Crippen LogP contribution >= 0.6 is 0 Å². The van der Waals surface area contributed by atoms with Crippen LogP contribution < -0.4 is 5.11 Å². The molecule has 0 spiro atoms. The first-order valence-electron chi connectivity index (χ1n) is 4.39. The quantitative estimate of drug-likeness (QED) is 0.626. The Morgan fingerprint density at radius 2 is 1.92 bits per heavy atom. The van der Waals surface area contributed by atoms with Gasteiger partial charge in [-0.2, -0.15) is 5.06 Å². The van der Waals surface area contributed by atoms with Gasteiger partial charge in [0.25, 0.3) is 0 Å². The Kier molecular flexibility index (Phi) is 2.16. The molecule has 1 aliphatic rings. The van der Waals surface area contributed by atoms with Crippen molar-refractivity contribution >= 4 is 5.97 Å². The minimum atomic E-state index is -1.09. The second kappa shape index (κ2) is 2.69. The lowest BCUT2D eigenvalue weighted by molar-refractivity contribution is -0.315. The van der Waals surface area contributed by atoms with E-state index < -0.39 is 23.0 Å². The lowest BCUT2D eigenvalue weighted by atomic mass is 9.87. The molecule has 4 heteroatoms. The van der Waals surface area contributed by atoms with E-state index in [4.69, 9.17) is 0 Å². The topological polar surface area (TPSA) is 63.6 Å². The van der Waals surface area contributed by atoms with Crippen LogP contribution in [0.25, 0.3) is 0 Å². The summed E-state index contributed by atoms with van der Waals surface area (Å²) < 4.78 is 0. The minimum Gasteiger partial charge on any atom is -0.550 e. The number of hydrogen-bond acceptors (Lipinski definition) is 4. The maximum atomic E-state index is 10.8. The highest BCUT2D eigenvalue weighted by molar-refractivity contribution is 5.70. The van der Waals surface area contributed by atoms with Crippen molar-refractivity contribution in [3.8, 4) is 0 Å². The van der Waals surface area contributed by atoms with Gasteiger partial charge in [0, 0.05) is 23.0 Å². The van der Waals surface area contributed by atoms with E-state index in [2.05, 4.69) is 0 Å². The van der Waals surface area contributed by atoms with Crippen molar-refractivity contribution in [3.05, 3.63) is 0 Å². The second-order valence-electron chi connectivity index (χ2n) is 4.85. The van der Waals surface area contributed by atoms with Crippen molar-refractivity contribution in [1.82, 2.24) is 5.06 Å². The molecule has 1 atom stereocenters. The standard InChI is InChI=1S/C9H17NO3/c1-8(2)5-6(7(11)12)9(3,4)10(8)13/h6,13H,5H2,1-4H3,(H,11,12)/p-1/t6-/m1/s1. The molecule has 0 amide bonds. The zero-order chi connectivity index (χ0) is 10.4. The van der Waals surface area contributed by atoms with Crippen LogP contribution in [0.5, 0.6) is 0 Å². The highest BCUT2D eigenvalue weighted by Gasteiger charge is 2.51. The highest BCUT2D eigenvalue weighted by Crippen LogP contribution is 2.42. The number of hydroxylamine groups is 2. The van der Waals surface area contributed by atoms with Gasteiger partial charge in [-0.1, -0.05) is 0 Å². The zero-order valence-corrected chi connectivity index (χ0v) is 8.50. The number of carboxylic acid groups (broad SMARTS) is 1. The van der Waals surface area contributed by atoms with Crippen LogP contribution in [0.4, 0.5) is 0 Å². The maximum absolute atomic E-state index is 10.8. The minimum absolute atomic E-state index is 0.416. The van der Waals surface area contributed by atoms with E-state index in [-0.39, 0.29) is 0 Å². The average Bonchev–Trinajstić information content (AvgIpc) is 2.11. The summed E-state index contributed by atoms with van der Waals surface area (Å²) in [5.41, 5.74) is -1.24. The number of hydrogen-bond donors (Lipinski definition) is 1. The summed E-state index contributed by atoms with van der Waals surface area (Å²) in [4.78, 5) is 10.8. The van der Waals surface area contributed by atoms with Crippen LogP contribution in [0.15, 0.2) is 0 Å². The van der Waals surface area contributed by atoms with Gasteiger partial charge in [0.2, 0.25) is 0 Å². The van der Waals surface area contributed by atoms with E-state index >= 15 is 0 Å². The third-order valence-corrected chi connectivity index (χ3v) is 2.96. The van der Waals surface area contributed by atoms with E-state index in [1.54, 1.807) is 13.8 Å². The molecule has 0 radical (unpaired) electrons. The molecule has 0 aromatic rings. The average molecular weight is 186 g/mol. The molecule has 0 aliphatic carbocycles. The van der Waals surface area contributed by atoms with Gasteiger partial charge in [0.1, 0.15) is 0 Å². The number of carboxylic acids is 1. The van der Waals surface area contributed by atoms with Crippen LogP contribution in [0.3, 0.4) is 0 Å². The van der Waals surface area contributed by atoms with E-state index in [1.807, 2.05) is 13.8 Å². The summed E-state index contributed by atoms with van der Waals surface area (Å²) in [6.45, 7) is 7.06. The summed E-state index contributed by atoms with van der Waals surface area (Å²) in [5.74, 6) is -1.71. The molecular weight excluding hydrogens is 170 g/mol. The smallest absolute Gasteiger partial charge is 0.0491 e. The normalized spacial score (nSPS) is 31.9. The maximum Gasteiger partial charge on any atom is 0.0491 e. The predicted octanol–water partition coefficient (Wildman–Crippen LogP) is 0.00460. The van der Waals surface area contributed by atoms with Crippen molar-refractivity contribution in [1.29, 1.82) is 0 Å². The molecular formula is C9H16NO3-. The number of nitrogens with zero attached hydrogens (tertiary/aromatic N) is 1. The molecule has 0 bridgehead atoms. The fourth-order valence-corrected chi connectivity index (χ4v) is 2.14. The van der Waals surface area contributed by atoms with E-state index in [9.17, 15) is 15.1 Å². The van der Waals surface area contributed by atoms with E-state index in [0.29, 0.717) is 6.42 Å². The molecule has 4 nitrogen and oxygen atoms in total. The number of carbonyl (C=O) groups excluding carboxylic acids is 1. The van der Waals surface area contributed by atoms with Crippen LogP contribution in [-0.4, -0.2) is 27.3 Å². The fraction of sp³-hybridized carbons (Fsp3) is 0.889. The van der Waals surface area contributed by atoms with Crippen molar-refractivity contribution in [2.24, 2.45) is 5.92 Å².